The van der Waals surface area contributed by atoms with Crippen LogP contribution in [0.4, 0.5) is 0 Å². The van der Waals surface area contributed by atoms with Crippen LogP contribution in [0, 0.1) is 6.92 Å². The first-order chi connectivity index (χ1) is 6.68. The number of aliphatic hydroxyl groups excluding tert-OH is 1. The number of rotatable bonds is 3. The van der Waals surface area contributed by atoms with Gasteiger partial charge in [0.15, 0.2) is 0 Å². The number of aryl methyl sites for hydroxylation is 1. The first-order valence-corrected chi connectivity index (χ1v) is 5.07. The molecule has 1 atom stereocenters. The zero-order chi connectivity index (χ0) is 10.2. The fraction of sp³-hybridized carbons (Fsp3) is 0.455. The zero-order valence-electron chi connectivity index (χ0n) is 8.09. The molecule has 14 heavy (non-hydrogen) atoms. The van der Waals surface area contributed by atoms with Gasteiger partial charge in [-0.2, -0.15) is 0 Å². The van der Waals surface area contributed by atoms with Gasteiger partial charge in [-0.1, -0.05) is 23.7 Å². The van der Waals surface area contributed by atoms with Crippen LogP contribution in [0.3, 0.4) is 0 Å². The maximum absolute atomic E-state index is 8.92. The molecule has 1 N–H and O–H groups in total. The van der Waals surface area contributed by atoms with Crippen LogP contribution >= 0.6 is 11.6 Å². The lowest BCUT2D eigenvalue weighted by Crippen LogP contribution is -2.11. The number of hydrogen-bond donors (Lipinski definition) is 1. The summed E-state index contributed by atoms with van der Waals surface area (Å²) >= 11 is 5.94. The molecule has 1 aliphatic heterocycles. The van der Waals surface area contributed by atoms with Crippen molar-refractivity contribution in [3.8, 4) is 0 Å². The number of benzene rings is 1. The summed E-state index contributed by atoms with van der Waals surface area (Å²) in [6, 6.07) is 5.88. The average molecular weight is 213 g/mol. The smallest absolute Gasteiger partial charge is 0.119 e. The molecule has 0 aromatic heterocycles. The Kier molecular flexibility index (Phi) is 2.52. The number of hydrogen-bond acceptors (Lipinski definition) is 2. The first-order valence-electron chi connectivity index (χ1n) is 4.69. The Balaban J connectivity index is 2.28. The molecular formula is C11H13ClO2. The van der Waals surface area contributed by atoms with Gasteiger partial charge < -0.3 is 9.84 Å². The van der Waals surface area contributed by atoms with E-state index in [4.69, 9.17) is 21.4 Å². The highest BCUT2D eigenvalue weighted by molar-refractivity contribution is 6.31. The minimum absolute atomic E-state index is 0.154. The molecule has 1 heterocycles. The zero-order valence-corrected chi connectivity index (χ0v) is 8.84. The lowest BCUT2D eigenvalue weighted by Gasteiger charge is -2.11. The van der Waals surface area contributed by atoms with Crippen LogP contribution in [0.2, 0.25) is 5.02 Å². The van der Waals surface area contributed by atoms with E-state index in [2.05, 4.69) is 0 Å². The fourth-order valence-electron chi connectivity index (χ4n) is 1.65. The van der Waals surface area contributed by atoms with E-state index in [-0.39, 0.29) is 12.2 Å². The highest BCUT2D eigenvalue weighted by atomic mass is 35.5. The third-order valence-corrected chi connectivity index (χ3v) is 3.12. The third-order valence-electron chi connectivity index (χ3n) is 2.69. The normalized spacial score (nSPS) is 25.1. The third kappa shape index (κ3) is 1.65. The highest BCUT2D eigenvalue weighted by Gasteiger charge is 2.45. The van der Waals surface area contributed by atoms with Gasteiger partial charge in [0.05, 0.1) is 6.61 Å². The quantitative estimate of drug-likeness (QED) is 0.780. The molecule has 1 saturated heterocycles. The molecule has 0 spiro atoms. The van der Waals surface area contributed by atoms with Crippen molar-refractivity contribution in [2.75, 3.05) is 13.2 Å². The molecule has 2 nitrogen and oxygen atoms in total. The Hall–Kier alpha value is -0.570. The van der Waals surface area contributed by atoms with E-state index in [0.717, 1.165) is 16.1 Å². The summed E-state index contributed by atoms with van der Waals surface area (Å²) in [6.45, 7) is 2.83. The van der Waals surface area contributed by atoms with E-state index >= 15 is 0 Å². The predicted octanol–water partition coefficient (Wildman–Crippen LogP) is 2.26. The Bertz CT molecular complexity index is 345. The predicted molar refractivity (Wildman–Crippen MR) is 55.5 cm³/mol. The maximum Gasteiger partial charge on any atom is 0.119 e. The molecule has 1 aliphatic rings. The van der Waals surface area contributed by atoms with Crippen LogP contribution in [0.5, 0.6) is 0 Å². The summed E-state index contributed by atoms with van der Waals surface area (Å²) in [4.78, 5) is 0. The van der Waals surface area contributed by atoms with E-state index in [1.807, 2.05) is 25.1 Å². The second-order valence-electron chi connectivity index (χ2n) is 3.72. The van der Waals surface area contributed by atoms with Crippen molar-refractivity contribution in [1.82, 2.24) is 0 Å². The van der Waals surface area contributed by atoms with E-state index in [1.54, 1.807) is 0 Å². The summed E-state index contributed by atoms with van der Waals surface area (Å²) < 4.78 is 5.41. The van der Waals surface area contributed by atoms with Crippen LogP contribution in [-0.4, -0.2) is 18.3 Å². The molecule has 0 aliphatic carbocycles. The highest BCUT2D eigenvalue weighted by Crippen LogP contribution is 2.42. The fourth-order valence-corrected chi connectivity index (χ4v) is 1.77. The van der Waals surface area contributed by atoms with Gasteiger partial charge in [0.1, 0.15) is 5.60 Å². The van der Waals surface area contributed by atoms with Gasteiger partial charge in [0, 0.05) is 18.1 Å². The number of ether oxygens (including phenoxy) is 1. The van der Waals surface area contributed by atoms with Crippen molar-refractivity contribution in [2.24, 2.45) is 0 Å². The lowest BCUT2D eigenvalue weighted by molar-refractivity contribution is 0.214. The van der Waals surface area contributed by atoms with Crippen molar-refractivity contribution >= 4 is 11.6 Å². The van der Waals surface area contributed by atoms with Crippen LogP contribution in [0.15, 0.2) is 18.2 Å². The minimum Gasteiger partial charge on any atom is -0.396 e. The second kappa shape index (κ2) is 3.54. The Morgan fingerprint density at radius 1 is 1.57 bits per heavy atom. The van der Waals surface area contributed by atoms with Crippen molar-refractivity contribution in [3.63, 3.8) is 0 Å². The minimum atomic E-state index is -0.232. The standard InChI is InChI=1S/C11H13ClO2/c1-8-6-9(2-3-10(8)12)11(4-5-13)7-14-11/h2-3,6,13H,4-5,7H2,1H3. The molecule has 0 saturated carbocycles. The number of halogens is 1. The molecule has 1 aromatic rings. The molecule has 3 heteroatoms. The Morgan fingerprint density at radius 3 is 2.79 bits per heavy atom. The molecule has 1 fully saturated rings. The maximum atomic E-state index is 8.92. The largest absolute Gasteiger partial charge is 0.396 e. The van der Waals surface area contributed by atoms with Gasteiger partial charge in [-0.3, -0.25) is 0 Å². The Morgan fingerprint density at radius 2 is 2.29 bits per heavy atom. The average Bonchev–Trinajstić information content (AvgIpc) is 2.91. The van der Waals surface area contributed by atoms with Crippen LogP contribution < -0.4 is 0 Å². The monoisotopic (exact) mass is 212 g/mol. The van der Waals surface area contributed by atoms with E-state index in [9.17, 15) is 0 Å². The molecule has 0 radical (unpaired) electrons. The van der Waals surface area contributed by atoms with Crippen LogP contribution in [0.1, 0.15) is 17.5 Å². The summed E-state index contributed by atoms with van der Waals surface area (Å²) in [5.74, 6) is 0. The lowest BCUT2D eigenvalue weighted by atomic mass is 9.95. The van der Waals surface area contributed by atoms with Gasteiger partial charge in [-0.05, 0) is 24.1 Å². The van der Waals surface area contributed by atoms with E-state index < -0.39 is 0 Å². The molecule has 1 aromatic carbocycles. The van der Waals surface area contributed by atoms with Crippen molar-refractivity contribution < 1.29 is 9.84 Å². The Labute approximate surface area is 88.5 Å². The van der Waals surface area contributed by atoms with Gasteiger partial charge >= 0.3 is 0 Å². The van der Waals surface area contributed by atoms with Gasteiger partial charge in [-0.25, -0.2) is 0 Å². The topological polar surface area (TPSA) is 32.8 Å². The molecule has 0 amide bonds. The number of epoxide rings is 1. The van der Waals surface area contributed by atoms with E-state index in [0.29, 0.717) is 13.0 Å². The molecule has 76 valence electrons. The van der Waals surface area contributed by atoms with Crippen molar-refractivity contribution in [2.45, 2.75) is 18.9 Å². The van der Waals surface area contributed by atoms with Crippen LogP contribution in [0.25, 0.3) is 0 Å². The van der Waals surface area contributed by atoms with Gasteiger partial charge in [0.25, 0.3) is 0 Å². The summed E-state index contributed by atoms with van der Waals surface area (Å²) in [5.41, 5.74) is 1.94. The molecule has 1 unspecified atom stereocenters. The summed E-state index contributed by atoms with van der Waals surface area (Å²) in [5, 5.41) is 9.69. The SMILES string of the molecule is Cc1cc(C2(CCO)CO2)ccc1Cl. The summed E-state index contributed by atoms with van der Waals surface area (Å²) in [6.07, 6.45) is 0.661. The van der Waals surface area contributed by atoms with Gasteiger partial charge in [-0.15, -0.1) is 0 Å². The molecular weight excluding hydrogens is 200 g/mol. The number of aliphatic hydroxyl groups is 1. The molecule has 2 rings (SSSR count). The summed E-state index contributed by atoms with van der Waals surface area (Å²) in [7, 11) is 0. The second-order valence-corrected chi connectivity index (χ2v) is 4.13. The van der Waals surface area contributed by atoms with Crippen molar-refractivity contribution in [1.29, 1.82) is 0 Å². The molecule has 0 bridgehead atoms. The van der Waals surface area contributed by atoms with E-state index in [1.165, 1.54) is 0 Å². The van der Waals surface area contributed by atoms with Crippen LogP contribution in [-0.2, 0) is 10.3 Å². The van der Waals surface area contributed by atoms with Gasteiger partial charge in [0.2, 0.25) is 0 Å². The first kappa shape index (κ1) is 9.97. The van der Waals surface area contributed by atoms with Crippen molar-refractivity contribution in [3.05, 3.63) is 34.3 Å².